The van der Waals surface area contributed by atoms with E-state index in [4.69, 9.17) is 14.2 Å². The Kier molecular flexibility index (Phi) is 44.9. The van der Waals surface area contributed by atoms with Crippen molar-refractivity contribution in [1.82, 2.24) is 0 Å². The largest absolute Gasteiger partial charge is 0.462 e. The third-order valence-corrected chi connectivity index (χ3v) is 10.9. The number of unbranched alkanes of at least 4 members (excludes halogenated alkanes) is 30. The van der Waals surface area contributed by atoms with Crippen LogP contribution in [0.1, 0.15) is 265 Å². The molecule has 57 heavy (non-hydrogen) atoms. The average molecular weight is 803 g/mol. The van der Waals surface area contributed by atoms with E-state index in [-0.39, 0.29) is 31.1 Å². The van der Waals surface area contributed by atoms with Crippen molar-refractivity contribution in [3.05, 3.63) is 24.3 Å². The first kappa shape index (κ1) is 54.9. The first-order valence-electron chi connectivity index (χ1n) is 24.8. The lowest BCUT2D eigenvalue weighted by Gasteiger charge is -2.18. The van der Waals surface area contributed by atoms with Crippen LogP contribution in [0, 0.1) is 0 Å². The van der Waals surface area contributed by atoms with Gasteiger partial charge in [-0.2, -0.15) is 0 Å². The Bertz CT molecular complexity index is 927. The molecule has 0 aromatic heterocycles. The molecule has 0 saturated heterocycles. The Balaban J connectivity index is 4.37. The fourth-order valence-corrected chi connectivity index (χ4v) is 7.14. The van der Waals surface area contributed by atoms with Crippen LogP contribution in [0.5, 0.6) is 0 Å². The zero-order chi connectivity index (χ0) is 41.5. The van der Waals surface area contributed by atoms with Gasteiger partial charge in [0.15, 0.2) is 6.10 Å². The standard InChI is InChI=1S/C51H94O6/c1-4-7-10-13-16-19-22-25-28-31-34-37-40-43-49(52)55-46-48(57-51(54)45-42-39-36-33-30-27-24-21-18-15-12-9-6-3)47-56-50(53)44-41-38-35-32-29-26-23-20-17-14-11-8-5-2/h19,21-22,24,48H,4-18,20,23,25-47H2,1-3H3. The fraction of sp³-hybridized carbons (Fsp3) is 0.863. The van der Waals surface area contributed by atoms with Gasteiger partial charge in [-0.3, -0.25) is 14.4 Å². The van der Waals surface area contributed by atoms with Crippen molar-refractivity contribution in [2.24, 2.45) is 0 Å². The van der Waals surface area contributed by atoms with Crippen LogP contribution in [0.3, 0.4) is 0 Å². The van der Waals surface area contributed by atoms with Gasteiger partial charge in [0, 0.05) is 19.3 Å². The van der Waals surface area contributed by atoms with Gasteiger partial charge < -0.3 is 14.2 Å². The Morgan fingerprint density at radius 1 is 0.333 bits per heavy atom. The van der Waals surface area contributed by atoms with Gasteiger partial charge >= 0.3 is 17.9 Å². The van der Waals surface area contributed by atoms with Gasteiger partial charge in [-0.05, 0) is 70.6 Å². The number of esters is 3. The third-order valence-electron chi connectivity index (χ3n) is 10.9. The Morgan fingerprint density at radius 3 is 0.895 bits per heavy atom. The molecule has 0 spiro atoms. The lowest BCUT2D eigenvalue weighted by molar-refractivity contribution is -0.167. The lowest BCUT2D eigenvalue weighted by Crippen LogP contribution is -2.30. The fourth-order valence-electron chi connectivity index (χ4n) is 7.14. The molecule has 0 heterocycles. The molecular formula is C51H94O6. The maximum absolute atomic E-state index is 12.7. The summed E-state index contributed by atoms with van der Waals surface area (Å²) >= 11 is 0. The van der Waals surface area contributed by atoms with Crippen LogP contribution >= 0.6 is 0 Å². The molecule has 0 aliphatic heterocycles. The Hall–Kier alpha value is -2.11. The molecule has 6 heteroatoms. The molecule has 6 nitrogen and oxygen atoms in total. The van der Waals surface area contributed by atoms with E-state index in [9.17, 15) is 14.4 Å². The van der Waals surface area contributed by atoms with Gasteiger partial charge in [-0.25, -0.2) is 0 Å². The first-order chi connectivity index (χ1) is 28.0. The van der Waals surface area contributed by atoms with E-state index in [0.29, 0.717) is 19.3 Å². The molecule has 0 N–H and O–H groups in total. The molecule has 0 bridgehead atoms. The third kappa shape index (κ3) is 44.8. The van der Waals surface area contributed by atoms with Crippen LogP contribution in [0.15, 0.2) is 24.3 Å². The minimum absolute atomic E-state index is 0.0738. The number of rotatable bonds is 45. The minimum atomic E-state index is -0.773. The van der Waals surface area contributed by atoms with Gasteiger partial charge in [0.1, 0.15) is 13.2 Å². The van der Waals surface area contributed by atoms with E-state index >= 15 is 0 Å². The highest BCUT2D eigenvalue weighted by Crippen LogP contribution is 2.15. The lowest BCUT2D eigenvalue weighted by atomic mass is 10.0. The van der Waals surface area contributed by atoms with E-state index in [1.165, 1.54) is 154 Å². The predicted octanol–water partition coefficient (Wildman–Crippen LogP) is 16.0. The van der Waals surface area contributed by atoms with Crippen molar-refractivity contribution in [3.8, 4) is 0 Å². The smallest absolute Gasteiger partial charge is 0.306 e. The molecule has 0 amide bonds. The highest BCUT2D eigenvalue weighted by molar-refractivity contribution is 5.71. The quantitative estimate of drug-likeness (QED) is 0.0264. The first-order valence-corrected chi connectivity index (χ1v) is 24.8. The molecule has 1 atom stereocenters. The summed E-state index contributed by atoms with van der Waals surface area (Å²) in [6.45, 7) is 6.61. The molecule has 1 unspecified atom stereocenters. The molecule has 0 fully saturated rings. The zero-order valence-electron chi connectivity index (χ0n) is 38.1. The summed E-state index contributed by atoms with van der Waals surface area (Å²) < 4.78 is 16.8. The van der Waals surface area contributed by atoms with Crippen molar-refractivity contribution in [2.75, 3.05) is 13.2 Å². The van der Waals surface area contributed by atoms with Crippen LogP contribution in [0.25, 0.3) is 0 Å². The molecule has 0 aromatic carbocycles. The van der Waals surface area contributed by atoms with Gasteiger partial charge in [0.2, 0.25) is 0 Å². The number of carbonyl (C=O) groups is 3. The summed E-state index contributed by atoms with van der Waals surface area (Å²) in [4.78, 5) is 37.8. The summed E-state index contributed by atoms with van der Waals surface area (Å²) in [6, 6.07) is 0. The zero-order valence-corrected chi connectivity index (χ0v) is 38.1. The van der Waals surface area contributed by atoms with Crippen molar-refractivity contribution in [3.63, 3.8) is 0 Å². The monoisotopic (exact) mass is 803 g/mol. The Labute approximate surface area is 353 Å². The molecule has 334 valence electrons. The van der Waals surface area contributed by atoms with Crippen LogP contribution < -0.4 is 0 Å². The summed E-state index contributed by atoms with van der Waals surface area (Å²) in [5, 5.41) is 0. The number of ether oxygens (including phenoxy) is 3. The van der Waals surface area contributed by atoms with Gasteiger partial charge in [0.05, 0.1) is 0 Å². The predicted molar refractivity (Wildman–Crippen MR) is 243 cm³/mol. The van der Waals surface area contributed by atoms with Crippen molar-refractivity contribution in [2.45, 2.75) is 271 Å². The van der Waals surface area contributed by atoms with Crippen LogP contribution in [-0.4, -0.2) is 37.2 Å². The molecule has 0 aliphatic rings. The summed E-state index contributed by atoms with van der Waals surface area (Å²) in [5.41, 5.74) is 0. The molecule has 0 aromatic rings. The topological polar surface area (TPSA) is 78.9 Å². The molecule has 0 rings (SSSR count). The Morgan fingerprint density at radius 2 is 0.579 bits per heavy atom. The van der Waals surface area contributed by atoms with Gasteiger partial charge in [0.25, 0.3) is 0 Å². The highest BCUT2D eigenvalue weighted by atomic mass is 16.6. The van der Waals surface area contributed by atoms with Gasteiger partial charge in [-0.1, -0.05) is 199 Å². The second kappa shape index (κ2) is 46.6. The van der Waals surface area contributed by atoms with Crippen LogP contribution in [0.2, 0.25) is 0 Å². The maximum atomic E-state index is 12.7. The number of carbonyl (C=O) groups excluding carboxylic acids is 3. The van der Waals surface area contributed by atoms with Gasteiger partial charge in [-0.15, -0.1) is 0 Å². The number of hydrogen-bond donors (Lipinski definition) is 0. The van der Waals surface area contributed by atoms with E-state index in [1.807, 2.05) is 0 Å². The summed E-state index contributed by atoms with van der Waals surface area (Å²) in [7, 11) is 0. The van der Waals surface area contributed by atoms with Crippen molar-refractivity contribution < 1.29 is 28.6 Å². The highest BCUT2D eigenvalue weighted by Gasteiger charge is 2.19. The SMILES string of the molecule is CCCCCCC=CCCCCCCCC(=O)OCC(COC(=O)CCCCCCCCCCCCCCC)OC(=O)CCCCCCCC=CCCCCCC. The molecule has 0 radical (unpaired) electrons. The van der Waals surface area contributed by atoms with Crippen LogP contribution in [0.4, 0.5) is 0 Å². The van der Waals surface area contributed by atoms with Crippen molar-refractivity contribution in [1.29, 1.82) is 0 Å². The van der Waals surface area contributed by atoms with E-state index in [1.54, 1.807) is 0 Å². The normalized spacial score (nSPS) is 12.1. The minimum Gasteiger partial charge on any atom is -0.462 e. The molecule has 0 aliphatic carbocycles. The van der Waals surface area contributed by atoms with E-state index in [2.05, 4.69) is 45.1 Å². The maximum Gasteiger partial charge on any atom is 0.306 e. The summed E-state index contributed by atoms with van der Waals surface area (Å²) in [6.07, 6.45) is 51.5. The second-order valence-corrected chi connectivity index (χ2v) is 16.7. The molecular weight excluding hydrogens is 709 g/mol. The van der Waals surface area contributed by atoms with E-state index in [0.717, 1.165) is 70.6 Å². The number of hydrogen-bond acceptors (Lipinski definition) is 6. The average Bonchev–Trinajstić information content (AvgIpc) is 3.21. The number of allylic oxidation sites excluding steroid dienone is 4. The van der Waals surface area contributed by atoms with Crippen molar-refractivity contribution >= 4 is 17.9 Å². The second-order valence-electron chi connectivity index (χ2n) is 16.7. The molecule has 0 saturated carbocycles. The van der Waals surface area contributed by atoms with E-state index < -0.39 is 6.10 Å². The summed E-state index contributed by atoms with van der Waals surface area (Å²) in [5.74, 6) is -0.883. The van der Waals surface area contributed by atoms with Crippen LogP contribution in [-0.2, 0) is 28.6 Å².